The van der Waals surface area contributed by atoms with E-state index in [1.165, 1.54) is 11.8 Å². The average molecular weight is 351 g/mol. The van der Waals surface area contributed by atoms with Crippen LogP contribution in [0.15, 0.2) is 58.6 Å². The maximum atomic E-state index is 12.6. The number of aryl methyl sites for hydroxylation is 1. The van der Waals surface area contributed by atoms with Crippen LogP contribution in [0.5, 0.6) is 0 Å². The second-order valence-electron chi connectivity index (χ2n) is 6.14. The Morgan fingerprint density at radius 2 is 2.08 bits per heavy atom. The molecule has 0 radical (unpaired) electrons. The summed E-state index contributed by atoms with van der Waals surface area (Å²) in [5.41, 5.74) is 1.34. The van der Waals surface area contributed by atoms with Gasteiger partial charge in [0.15, 0.2) is 5.16 Å². The van der Waals surface area contributed by atoms with Crippen LogP contribution in [-0.2, 0) is 4.79 Å². The molecule has 3 aromatic rings. The fourth-order valence-electron chi connectivity index (χ4n) is 3.12. The lowest BCUT2D eigenvalue weighted by molar-refractivity contribution is -0.116. The lowest BCUT2D eigenvalue weighted by Crippen LogP contribution is -2.28. The van der Waals surface area contributed by atoms with Gasteiger partial charge in [0.05, 0.1) is 6.04 Å². The minimum absolute atomic E-state index is 0.0574. The zero-order chi connectivity index (χ0) is 17.4. The number of anilines is 1. The molecule has 1 N–H and O–H groups in total. The molecule has 1 aliphatic heterocycles. The summed E-state index contributed by atoms with van der Waals surface area (Å²) in [6.45, 7) is 1.75. The lowest BCUT2D eigenvalue weighted by Gasteiger charge is -2.14. The van der Waals surface area contributed by atoms with E-state index in [2.05, 4.69) is 10.3 Å². The summed E-state index contributed by atoms with van der Waals surface area (Å²) in [6.07, 6.45) is 1.86. The number of amides is 1. The third-order valence-corrected chi connectivity index (χ3v) is 5.50. The molecule has 0 aliphatic carbocycles. The fourth-order valence-corrected chi connectivity index (χ4v) is 4.23. The zero-order valence-electron chi connectivity index (χ0n) is 13.7. The Morgan fingerprint density at radius 1 is 1.28 bits per heavy atom. The van der Waals surface area contributed by atoms with E-state index in [9.17, 15) is 9.59 Å². The predicted octanol–water partition coefficient (Wildman–Crippen LogP) is 3.38. The van der Waals surface area contributed by atoms with Gasteiger partial charge in [-0.1, -0.05) is 48.2 Å². The molecule has 0 fully saturated rings. The number of benzene rings is 2. The topological polar surface area (TPSA) is 64.0 Å². The highest BCUT2D eigenvalue weighted by Gasteiger charge is 2.27. The van der Waals surface area contributed by atoms with Crippen molar-refractivity contribution in [1.29, 1.82) is 0 Å². The molecule has 4 rings (SSSR count). The van der Waals surface area contributed by atoms with Crippen molar-refractivity contribution in [1.82, 2.24) is 9.55 Å². The van der Waals surface area contributed by atoms with Crippen LogP contribution >= 0.6 is 11.8 Å². The summed E-state index contributed by atoms with van der Waals surface area (Å²) in [7, 11) is 0. The van der Waals surface area contributed by atoms with E-state index in [0.717, 1.165) is 16.5 Å². The third kappa shape index (κ3) is 2.93. The van der Waals surface area contributed by atoms with Gasteiger partial charge in [-0.3, -0.25) is 14.2 Å². The van der Waals surface area contributed by atoms with Crippen LogP contribution in [0.25, 0.3) is 10.8 Å². The van der Waals surface area contributed by atoms with Crippen molar-refractivity contribution >= 4 is 34.1 Å². The molecule has 25 heavy (non-hydrogen) atoms. The molecule has 5 nitrogen and oxygen atoms in total. The van der Waals surface area contributed by atoms with Gasteiger partial charge in [-0.15, -0.1) is 0 Å². The van der Waals surface area contributed by atoms with Crippen LogP contribution in [0.1, 0.15) is 18.0 Å². The predicted molar refractivity (Wildman–Crippen MR) is 100 cm³/mol. The molecule has 0 bridgehead atoms. The van der Waals surface area contributed by atoms with Crippen molar-refractivity contribution in [2.24, 2.45) is 0 Å². The van der Waals surface area contributed by atoms with Crippen LogP contribution < -0.4 is 10.9 Å². The van der Waals surface area contributed by atoms with Crippen LogP contribution in [0.2, 0.25) is 0 Å². The van der Waals surface area contributed by atoms with Gasteiger partial charge >= 0.3 is 0 Å². The van der Waals surface area contributed by atoms with Crippen molar-refractivity contribution in [2.45, 2.75) is 24.5 Å². The fraction of sp³-hybridized carbons (Fsp3) is 0.211. The van der Waals surface area contributed by atoms with E-state index in [-0.39, 0.29) is 23.9 Å². The Balaban J connectivity index is 1.57. The van der Waals surface area contributed by atoms with Gasteiger partial charge in [0, 0.05) is 35.0 Å². The molecule has 6 heteroatoms. The number of fused-ring (bicyclic) bond motifs is 2. The first-order valence-corrected chi connectivity index (χ1v) is 9.10. The highest BCUT2D eigenvalue weighted by atomic mass is 32.2. The van der Waals surface area contributed by atoms with Gasteiger partial charge in [0.1, 0.15) is 0 Å². The maximum Gasteiger partial charge on any atom is 0.257 e. The molecule has 2 heterocycles. The number of hydrogen-bond donors (Lipinski definition) is 1. The molecule has 1 unspecified atom stereocenters. The number of aromatic nitrogens is 2. The summed E-state index contributed by atoms with van der Waals surface area (Å²) in [5.74, 6) is 0.595. The van der Waals surface area contributed by atoms with Crippen molar-refractivity contribution in [3.63, 3.8) is 0 Å². The SMILES string of the molecule is Cc1cnc2n(c1=O)C(CC(=O)Nc1cccc3ccccc13)CS2. The third-order valence-electron chi connectivity index (χ3n) is 4.39. The van der Waals surface area contributed by atoms with Gasteiger partial charge in [0.25, 0.3) is 5.56 Å². The first-order chi connectivity index (χ1) is 12.1. The quantitative estimate of drug-likeness (QED) is 0.735. The smallest absolute Gasteiger partial charge is 0.257 e. The Kier molecular flexibility index (Phi) is 4.05. The Bertz CT molecular complexity index is 1020. The molecule has 126 valence electrons. The van der Waals surface area contributed by atoms with Gasteiger partial charge in [0.2, 0.25) is 5.91 Å². The first kappa shape index (κ1) is 15.9. The van der Waals surface area contributed by atoms with Crippen LogP contribution in [0.4, 0.5) is 5.69 Å². The van der Waals surface area contributed by atoms with E-state index < -0.39 is 0 Å². The molecule has 1 amide bonds. The first-order valence-electron chi connectivity index (χ1n) is 8.12. The molecule has 1 atom stereocenters. The number of hydrogen-bond acceptors (Lipinski definition) is 4. The highest BCUT2D eigenvalue weighted by molar-refractivity contribution is 7.99. The Morgan fingerprint density at radius 3 is 2.96 bits per heavy atom. The number of carbonyl (C=O) groups excluding carboxylic acids is 1. The highest BCUT2D eigenvalue weighted by Crippen LogP contribution is 2.32. The summed E-state index contributed by atoms with van der Waals surface area (Å²) in [4.78, 5) is 29.2. The van der Waals surface area contributed by atoms with Gasteiger partial charge in [-0.25, -0.2) is 4.98 Å². The van der Waals surface area contributed by atoms with E-state index in [1.807, 2.05) is 42.5 Å². The van der Waals surface area contributed by atoms with Crippen LogP contribution in [-0.4, -0.2) is 21.2 Å². The van der Waals surface area contributed by atoms with E-state index in [4.69, 9.17) is 0 Å². The second kappa shape index (κ2) is 6.37. The monoisotopic (exact) mass is 351 g/mol. The molecular formula is C19H17N3O2S. The van der Waals surface area contributed by atoms with E-state index >= 15 is 0 Å². The minimum Gasteiger partial charge on any atom is -0.325 e. The minimum atomic E-state index is -0.158. The second-order valence-corrected chi connectivity index (χ2v) is 7.13. The molecular weight excluding hydrogens is 334 g/mol. The molecule has 0 saturated heterocycles. The van der Waals surface area contributed by atoms with E-state index in [1.54, 1.807) is 17.7 Å². The standard InChI is InChI=1S/C19H17N3O2S/c1-12-10-20-19-22(18(12)24)14(11-25-19)9-17(23)21-16-8-4-6-13-5-2-3-7-15(13)16/h2-8,10,14H,9,11H2,1H3,(H,21,23). The lowest BCUT2D eigenvalue weighted by atomic mass is 10.1. The summed E-state index contributed by atoms with van der Waals surface area (Å²) in [6, 6.07) is 13.6. The van der Waals surface area contributed by atoms with Gasteiger partial charge in [-0.2, -0.15) is 0 Å². The van der Waals surface area contributed by atoms with E-state index in [0.29, 0.717) is 16.5 Å². The molecule has 0 spiro atoms. The van der Waals surface area contributed by atoms with Crippen molar-refractivity contribution < 1.29 is 4.79 Å². The maximum absolute atomic E-state index is 12.6. The average Bonchev–Trinajstić information content (AvgIpc) is 3.02. The number of rotatable bonds is 3. The van der Waals surface area contributed by atoms with Crippen LogP contribution in [0, 0.1) is 6.92 Å². The Hall–Kier alpha value is -2.60. The van der Waals surface area contributed by atoms with Gasteiger partial charge < -0.3 is 5.32 Å². The zero-order valence-corrected chi connectivity index (χ0v) is 14.5. The normalized spacial score (nSPS) is 16.0. The number of thioether (sulfide) groups is 1. The van der Waals surface area contributed by atoms with Crippen molar-refractivity contribution in [3.8, 4) is 0 Å². The van der Waals surface area contributed by atoms with Crippen LogP contribution in [0.3, 0.4) is 0 Å². The van der Waals surface area contributed by atoms with Crippen molar-refractivity contribution in [3.05, 3.63) is 64.6 Å². The molecule has 1 aromatic heterocycles. The Labute approximate surface area is 149 Å². The summed E-state index contributed by atoms with van der Waals surface area (Å²) >= 11 is 1.52. The molecule has 2 aromatic carbocycles. The van der Waals surface area contributed by atoms with Gasteiger partial charge in [-0.05, 0) is 18.4 Å². The van der Waals surface area contributed by atoms with Crippen molar-refractivity contribution in [2.75, 3.05) is 11.1 Å². The number of nitrogens with one attached hydrogen (secondary N) is 1. The molecule has 0 saturated carbocycles. The number of nitrogens with zero attached hydrogens (tertiary/aromatic N) is 2. The number of carbonyl (C=O) groups is 1. The summed E-state index contributed by atoms with van der Waals surface area (Å²) in [5, 5.41) is 5.78. The molecule has 1 aliphatic rings. The largest absolute Gasteiger partial charge is 0.325 e. The summed E-state index contributed by atoms with van der Waals surface area (Å²) < 4.78 is 1.66.